The Kier molecular flexibility index (Phi) is 9.06. The molecule has 0 spiro atoms. The number of ether oxygens (including phenoxy) is 5. The smallest absolute Gasteiger partial charge is 0.303 e. The summed E-state index contributed by atoms with van der Waals surface area (Å²) < 4.78 is 33.0. The second-order valence-corrected chi connectivity index (χ2v) is 10.4. The molecule has 2 fully saturated rings. The summed E-state index contributed by atoms with van der Waals surface area (Å²) in [6, 6.07) is 5.39. The van der Waals surface area contributed by atoms with Gasteiger partial charge in [-0.15, -0.1) is 0 Å². The van der Waals surface area contributed by atoms with Crippen LogP contribution >= 0.6 is 0 Å². The average molecular weight is 639 g/mol. The van der Waals surface area contributed by atoms with Crippen molar-refractivity contribution in [1.29, 1.82) is 0 Å². The van der Waals surface area contributed by atoms with Crippen molar-refractivity contribution < 1.29 is 78.9 Å². The fraction of sp³-hybridized carbons (Fsp3) is 0.429. The lowest BCUT2D eigenvalue weighted by atomic mass is 9.99. The molecule has 9 N–H and O–H groups in total. The topological polar surface area (TPSA) is 275 Å². The molecule has 9 atom stereocenters. The highest BCUT2D eigenvalue weighted by Crippen LogP contribution is 2.40. The minimum Gasteiger partial charge on any atom is -0.507 e. The van der Waals surface area contributed by atoms with E-state index in [-0.39, 0.29) is 23.5 Å². The number of hydrogen-bond donors (Lipinski definition) is 9. The van der Waals surface area contributed by atoms with Crippen molar-refractivity contribution in [1.82, 2.24) is 0 Å². The lowest BCUT2D eigenvalue weighted by Crippen LogP contribution is -2.61. The molecule has 2 saturated heterocycles. The molecule has 0 aliphatic carbocycles. The molecular weight excluding hydrogens is 608 g/mol. The van der Waals surface area contributed by atoms with E-state index in [1.807, 2.05) is 0 Å². The molecule has 244 valence electrons. The predicted octanol–water partition coefficient (Wildman–Crippen LogP) is -1.86. The van der Waals surface area contributed by atoms with E-state index in [4.69, 9.17) is 28.1 Å². The second kappa shape index (κ2) is 12.7. The Labute approximate surface area is 252 Å². The molecule has 5 rings (SSSR count). The zero-order valence-electron chi connectivity index (χ0n) is 23.3. The first-order valence-corrected chi connectivity index (χ1v) is 13.5. The van der Waals surface area contributed by atoms with Crippen LogP contribution in [0.15, 0.2) is 39.5 Å². The molecule has 0 radical (unpaired) electrons. The summed E-state index contributed by atoms with van der Waals surface area (Å²) in [5, 5.41) is 90.8. The summed E-state index contributed by atoms with van der Waals surface area (Å²) in [7, 11) is 0. The van der Waals surface area contributed by atoms with Gasteiger partial charge in [0.1, 0.15) is 59.1 Å². The third-order valence-corrected chi connectivity index (χ3v) is 7.21. The van der Waals surface area contributed by atoms with Gasteiger partial charge in [-0.25, -0.2) is 0 Å². The van der Waals surface area contributed by atoms with E-state index in [0.29, 0.717) is 0 Å². The number of esters is 1. The Balaban J connectivity index is 1.63. The van der Waals surface area contributed by atoms with Crippen LogP contribution in [0.1, 0.15) is 6.92 Å². The Morgan fingerprint density at radius 1 is 0.889 bits per heavy atom. The fourth-order valence-electron chi connectivity index (χ4n) is 4.89. The van der Waals surface area contributed by atoms with Gasteiger partial charge in [-0.1, -0.05) is 0 Å². The number of aromatic hydroxyl groups is 3. The van der Waals surface area contributed by atoms with E-state index >= 15 is 0 Å². The van der Waals surface area contributed by atoms with Gasteiger partial charge in [0.15, 0.2) is 23.4 Å². The lowest BCUT2D eigenvalue weighted by molar-refractivity contribution is -0.282. The number of carbonyl (C=O) groups is 1. The molecule has 2 aliphatic heterocycles. The quantitative estimate of drug-likeness (QED) is 0.101. The van der Waals surface area contributed by atoms with Gasteiger partial charge in [0.05, 0.1) is 13.2 Å². The number of phenols is 3. The number of hydrogen-bond acceptors (Lipinski definition) is 17. The van der Waals surface area contributed by atoms with Crippen molar-refractivity contribution in [3.63, 3.8) is 0 Å². The van der Waals surface area contributed by atoms with Crippen molar-refractivity contribution in [2.24, 2.45) is 0 Å². The maximum absolute atomic E-state index is 13.9. The molecule has 17 heteroatoms. The monoisotopic (exact) mass is 638 g/mol. The van der Waals surface area contributed by atoms with Gasteiger partial charge >= 0.3 is 5.97 Å². The van der Waals surface area contributed by atoms with Crippen LogP contribution in [-0.2, 0) is 19.0 Å². The lowest BCUT2D eigenvalue weighted by Gasteiger charge is -2.41. The summed E-state index contributed by atoms with van der Waals surface area (Å²) >= 11 is 0. The second-order valence-electron chi connectivity index (χ2n) is 10.4. The maximum Gasteiger partial charge on any atom is 0.303 e. The molecule has 3 aromatic rings. The van der Waals surface area contributed by atoms with Crippen LogP contribution in [-0.4, -0.2) is 120 Å². The molecule has 0 bridgehead atoms. The minimum atomic E-state index is -1.84. The Hall–Kier alpha value is -4.20. The number of aliphatic hydroxyl groups is 6. The van der Waals surface area contributed by atoms with Crippen LogP contribution in [0, 0.1) is 0 Å². The zero-order chi connectivity index (χ0) is 32.7. The normalized spacial score (nSPS) is 30.2. The highest BCUT2D eigenvalue weighted by atomic mass is 16.7. The van der Waals surface area contributed by atoms with Crippen LogP contribution < -0.4 is 14.9 Å². The number of phenolic OH excluding ortho intramolecular Hbond substituents is 3. The van der Waals surface area contributed by atoms with Gasteiger partial charge in [0.25, 0.3) is 0 Å². The van der Waals surface area contributed by atoms with E-state index in [1.54, 1.807) is 0 Å². The third-order valence-electron chi connectivity index (χ3n) is 7.21. The summed E-state index contributed by atoms with van der Waals surface area (Å²) in [6.45, 7) is -0.191. The predicted molar refractivity (Wildman–Crippen MR) is 145 cm³/mol. The summed E-state index contributed by atoms with van der Waals surface area (Å²) in [5.41, 5.74) is -1.45. The van der Waals surface area contributed by atoms with Gasteiger partial charge < -0.3 is 74.1 Å². The largest absolute Gasteiger partial charge is 0.507 e. The summed E-state index contributed by atoms with van der Waals surface area (Å²) in [5.74, 6) is -4.14. The Bertz CT molecular complexity index is 1620. The van der Waals surface area contributed by atoms with Crippen molar-refractivity contribution >= 4 is 16.9 Å². The molecule has 0 amide bonds. The Morgan fingerprint density at radius 2 is 1.62 bits per heavy atom. The third kappa shape index (κ3) is 6.20. The summed E-state index contributed by atoms with van der Waals surface area (Å²) in [4.78, 5) is 25.7. The number of aliphatic hydroxyl groups excluding tert-OH is 6. The average Bonchev–Trinajstić information content (AvgIpc) is 2.99. The van der Waals surface area contributed by atoms with E-state index in [1.165, 1.54) is 6.07 Å². The Morgan fingerprint density at radius 3 is 2.29 bits per heavy atom. The zero-order valence-corrected chi connectivity index (χ0v) is 23.3. The number of rotatable bonds is 7. The van der Waals surface area contributed by atoms with Crippen molar-refractivity contribution in [2.75, 3.05) is 13.2 Å². The van der Waals surface area contributed by atoms with E-state index < -0.39 is 107 Å². The molecule has 0 saturated carbocycles. The molecular formula is C28H30O17. The molecule has 45 heavy (non-hydrogen) atoms. The standard InChI is InChI=1S/C28H30O17/c1-9(30)41-26-22(38)20(36)17(7-29)44-28(26)45-25-21(37)18-14(33)5-11(42-27-23(39)19(35)15(34)8-40-27)6-16(18)43-24(25)10-2-3-12(31)13(32)4-10/h2-6,15,17,19-20,22-23,26-29,31-36,38-39H,7-8H2,1H3/t15-,17-,19-,20+,22+,23+,26-,27+,28+/m1/s1. The van der Waals surface area contributed by atoms with Gasteiger partial charge in [0, 0.05) is 24.6 Å². The first-order chi connectivity index (χ1) is 21.3. The highest BCUT2D eigenvalue weighted by Gasteiger charge is 2.48. The first kappa shape index (κ1) is 32.2. The number of carbonyl (C=O) groups excluding carboxylic acids is 1. The van der Waals surface area contributed by atoms with Crippen molar-refractivity contribution in [2.45, 2.75) is 62.2 Å². The molecule has 2 aromatic carbocycles. The van der Waals surface area contributed by atoms with E-state index in [0.717, 1.165) is 31.2 Å². The summed E-state index contributed by atoms with van der Waals surface area (Å²) in [6.07, 6.45) is -14.7. The van der Waals surface area contributed by atoms with Crippen LogP contribution in [0.25, 0.3) is 22.3 Å². The maximum atomic E-state index is 13.9. The highest BCUT2D eigenvalue weighted by molar-refractivity contribution is 5.88. The molecule has 0 unspecified atom stereocenters. The van der Waals surface area contributed by atoms with Gasteiger partial charge in [0.2, 0.25) is 23.8 Å². The molecule has 3 heterocycles. The molecule has 1 aromatic heterocycles. The van der Waals surface area contributed by atoms with Crippen LogP contribution in [0.2, 0.25) is 0 Å². The van der Waals surface area contributed by atoms with Crippen molar-refractivity contribution in [3.05, 3.63) is 40.6 Å². The number of benzene rings is 2. The van der Waals surface area contributed by atoms with Crippen LogP contribution in [0.4, 0.5) is 0 Å². The van der Waals surface area contributed by atoms with Crippen LogP contribution in [0.5, 0.6) is 28.7 Å². The fourth-order valence-corrected chi connectivity index (χ4v) is 4.89. The van der Waals surface area contributed by atoms with Crippen molar-refractivity contribution in [3.8, 4) is 40.1 Å². The van der Waals surface area contributed by atoms with Gasteiger partial charge in [-0.2, -0.15) is 0 Å². The SMILES string of the molecule is CC(=O)O[C@H]1[C@H](Oc2c(-c3ccc(O)c(O)c3)oc3cc(O[C@@H]4OC[C@@H](O)[C@@H](O)[C@@H]4O)cc(O)c3c2=O)O[C@H](CO)[C@H](O)[C@@H]1O. The van der Waals surface area contributed by atoms with Crippen LogP contribution in [0.3, 0.4) is 0 Å². The number of fused-ring (bicyclic) bond motifs is 1. The van der Waals surface area contributed by atoms with E-state index in [9.17, 15) is 55.5 Å². The minimum absolute atomic E-state index is 0.0626. The first-order valence-electron chi connectivity index (χ1n) is 13.5. The molecule has 17 nitrogen and oxygen atoms in total. The van der Waals surface area contributed by atoms with E-state index in [2.05, 4.69) is 0 Å². The molecule has 2 aliphatic rings. The van der Waals surface area contributed by atoms with Gasteiger partial charge in [-0.05, 0) is 18.2 Å². The van der Waals surface area contributed by atoms with Gasteiger partial charge in [-0.3, -0.25) is 9.59 Å².